The smallest absolute Gasteiger partial charge is 0.224 e. The third kappa shape index (κ3) is 3.38. The minimum absolute atomic E-state index is 0.104. The molecular weight excluding hydrogens is 295 g/mol. The molecule has 0 aliphatic rings. The van der Waals surface area contributed by atoms with Crippen LogP contribution in [0.15, 0.2) is 24.3 Å². The largest absolute Gasteiger partial charge is 0.348 e. The summed E-state index contributed by atoms with van der Waals surface area (Å²) < 4.78 is 0. The average Bonchev–Trinajstić information content (AvgIpc) is 2.37. The van der Waals surface area contributed by atoms with Crippen molar-refractivity contribution in [1.82, 2.24) is 9.97 Å². The van der Waals surface area contributed by atoms with Gasteiger partial charge in [0.05, 0.1) is 6.04 Å². The second kappa shape index (κ2) is 6.08. The Bertz CT molecular complexity index is 679. The third-order valence-electron chi connectivity index (χ3n) is 2.74. The van der Waals surface area contributed by atoms with Gasteiger partial charge in [-0.15, -0.1) is 0 Å². The first-order valence-electron chi connectivity index (χ1n) is 5.97. The molecule has 0 spiro atoms. The maximum Gasteiger partial charge on any atom is 0.224 e. The number of benzene rings is 1. The van der Waals surface area contributed by atoms with Crippen molar-refractivity contribution < 1.29 is 0 Å². The van der Waals surface area contributed by atoms with Gasteiger partial charge >= 0.3 is 0 Å². The first-order valence-corrected chi connectivity index (χ1v) is 6.72. The molecule has 0 fully saturated rings. The molecule has 0 saturated heterocycles. The van der Waals surface area contributed by atoms with E-state index in [1.54, 1.807) is 18.2 Å². The number of nitriles is 1. The second-order valence-corrected chi connectivity index (χ2v) is 5.21. The molecule has 2 rings (SSSR count). The topological polar surface area (TPSA) is 61.6 Å². The summed E-state index contributed by atoms with van der Waals surface area (Å²) in [5.41, 5.74) is 1.95. The molecule has 1 heterocycles. The molecule has 0 saturated carbocycles. The lowest BCUT2D eigenvalue weighted by Gasteiger charge is -2.16. The van der Waals surface area contributed by atoms with Crippen LogP contribution in [0.3, 0.4) is 0 Å². The third-order valence-corrected chi connectivity index (χ3v) is 3.31. The number of aromatic nitrogens is 2. The quantitative estimate of drug-likeness (QED) is 0.926. The lowest BCUT2D eigenvalue weighted by atomic mass is 10.1. The second-order valence-electron chi connectivity index (χ2n) is 4.36. The molecule has 102 valence electrons. The van der Waals surface area contributed by atoms with Gasteiger partial charge in [0.2, 0.25) is 5.95 Å². The van der Waals surface area contributed by atoms with Crippen molar-refractivity contribution in [2.24, 2.45) is 0 Å². The SMILES string of the molecule is Cc1cc(C#N)nc(NC(C)c2ccc(Cl)cc2Cl)n1. The van der Waals surface area contributed by atoms with Gasteiger partial charge in [-0.3, -0.25) is 0 Å². The first-order chi connectivity index (χ1) is 9.49. The van der Waals surface area contributed by atoms with E-state index in [4.69, 9.17) is 28.5 Å². The summed E-state index contributed by atoms with van der Waals surface area (Å²) in [5, 5.41) is 13.2. The van der Waals surface area contributed by atoms with Crippen LogP contribution in [0.25, 0.3) is 0 Å². The molecule has 1 unspecified atom stereocenters. The fraction of sp³-hybridized carbons (Fsp3) is 0.214. The summed E-state index contributed by atoms with van der Waals surface area (Å²) in [5.74, 6) is 0.403. The van der Waals surface area contributed by atoms with Crippen LogP contribution in [0.1, 0.15) is 29.9 Å². The van der Waals surface area contributed by atoms with Crippen molar-refractivity contribution in [2.45, 2.75) is 19.9 Å². The summed E-state index contributed by atoms with van der Waals surface area (Å²) in [4.78, 5) is 8.36. The molecular formula is C14H12Cl2N4. The zero-order valence-corrected chi connectivity index (χ0v) is 12.5. The zero-order valence-electron chi connectivity index (χ0n) is 11.0. The molecule has 0 radical (unpaired) electrons. The van der Waals surface area contributed by atoms with E-state index in [1.807, 2.05) is 26.0 Å². The first kappa shape index (κ1) is 14.6. The molecule has 1 aromatic heterocycles. The normalized spacial score (nSPS) is 11.8. The van der Waals surface area contributed by atoms with E-state index in [-0.39, 0.29) is 6.04 Å². The highest BCUT2D eigenvalue weighted by molar-refractivity contribution is 6.35. The van der Waals surface area contributed by atoms with Crippen molar-refractivity contribution in [3.05, 3.63) is 51.3 Å². The lowest BCUT2D eigenvalue weighted by Crippen LogP contribution is -2.11. The van der Waals surface area contributed by atoms with E-state index in [1.165, 1.54) is 0 Å². The van der Waals surface area contributed by atoms with Crippen LogP contribution in [-0.4, -0.2) is 9.97 Å². The fourth-order valence-corrected chi connectivity index (χ4v) is 2.39. The van der Waals surface area contributed by atoms with Gasteiger partial charge in [0.25, 0.3) is 0 Å². The van der Waals surface area contributed by atoms with Crippen molar-refractivity contribution in [3.8, 4) is 6.07 Å². The number of nitrogens with one attached hydrogen (secondary N) is 1. The Morgan fingerprint density at radius 2 is 2.00 bits per heavy atom. The van der Waals surface area contributed by atoms with Gasteiger partial charge < -0.3 is 5.32 Å². The molecule has 1 N–H and O–H groups in total. The average molecular weight is 307 g/mol. The van der Waals surface area contributed by atoms with Gasteiger partial charge in [0.1, 0.15) is 11.8 Å². The van der Waals surface area contributed by atoms with Crippen LogP contribution in [0.2, 0.25) is 10.0 Å². The summed E-state index contributed by atoms with van der Waals surface area (Å²) in [6.07, 6.45) is 0. The molecule has 0 aliphatic heterocycles. The highest BCUT2D eigenvalue weighted by Crippen LogP contribution is 2.27. The van der Waals surface area contributed by atoms with Gasteiger partial charge in [-0.05, 0) is 37.6 Å². The number of rotatable bonds is 3. The fourth-order valence-electron chi connectivity index (χ4n) is 1.81. The highest BCUT2D eigenvalue weighted by Gasteiger charge is 2.12. The van der Waals surface area contributed by atoms with E-state index in [0.717, 1.165) is 11.3 Å². The van der Waals surface area contributed by atoms with Crippen LogP contribution in [0.4, 0.5) is 5.95 Å². The predicted octanol–water partition coefficient (Wildman–Crippen LogP) is 4.14. The van der Waals surface area contributed by atoms with Crippen molar-refractivity contribution >= 4 is 29.2 Å². The van der Waals surface area contributed by atoms with Gasteiger partial charge in [-0.25, -0.2) is 9.97 Å². The molecule has 0 bridgehead atoms. The van der Waals surface area contributed by atoms with Gasteiger partial charge in [0, 0.05) is 15.7 Å². The molecule has 6 heteroatoms. The monoisotopic (exact) mass is 306 g/mol. The summed E-state index contributed by atoms with van der Waals surface area (Å²) >= 11 is 12.0. The Hall–Kier alpha value is -1.83. The van der Waals surface area contributed by atoms with Crippen LogP contribution >= 0.6 is 23.2 Å². The Morgan fingerprint density at radius 1 is 1.25 bits per heavy atom. The maximum absolute atomic E-state index is 8.91. The van der Waals surface area contributed by atoms with E-state index in [9.17, 15) is 0 Å². The van der Waals surface area contributed by atoms with E-state index < -0.39 is 0 Å². The number of anilines is 1. The molecule has 2 aromatic rings. The Morgan fingerprint density at radius 3 is 2.65 bits per heavy atom. The van der Waals surface area contributed by atoms with Crippen LogP contribution in [0, 0.1) is 18.3 Å². The zero-order chi connectivity index (χ0) is 14.7. The minimum atomic E-state index is -0.104. The Balaban J connectivity index is 2.25. The molecule has 20 heavy (non-hydrogen) atoms. The predicted molar refractivity (Wildman–Crippen MR) is 80.0 cm³/mol. The number of nitrogens with zero attached hydrogens (tertiary/aromatic N) is 3. The van der Waals surface area contributed by atoms with Crippen molar-refractivity contribution in [1.29, 1.82) is 5.26 Å². The summed E-state index contributed by atoms with van der Waals surface area (Å²) in [6.45, 7) is 3.75. The van der Waals surface area contributed by atoms with Crippen LogP contribution < -0.4 is 5.32 Å². The molecule has 1 aromatic carbocycles. The number of hydrogen-bond donors (Lipinski definition) is 1. The van der Waals surface area contributed by atoms with E-state index in [0.29, 0.717) is 21.7 Å². The van der Waals surface area contributed by atoms with Crippen molar-refractivity contribution in [3.63, 3.8) is 0 Å². The van der Waals surface area contributed by atoms with Crippen LogP contribution in [-0.2, 0) is 0 Å². The Kier molecular flexibility index (Phi) is 4.43. The lowest BCUT2D eigenvalue weighted by molar-refractivity contribution is 0.856. The Labute approximate surface area is 127 Å². The molecule has 0 amide bonds. The van der Waals surface area contributed by atoms with E-state index >= 15 is 0 Å². The van der Waals surface area contributed by atoms with Gasteiger partial charge in [-0.1, -0.05) is 29.3 Å². The number of aryl methyl sites for hydroxylation is 1. The number of halogens is 2. The minimum Gasteiger partial charge on any atom is -0.348 e. The number of hydrogen-bond acceptors (Lipinski definition) is 4. The van der Waals surface area contributed by atoms with E-state index in [2.05, 4.69) is 15.3 Å². The maximum atomic E-state index is 8.91. The van der Waals surface area contributed by atoms with Gasteiger partial charge in [-0.2, -0.15) is 5.26 Å². The highest BCUT2D eigenvalue weighted by atomic mass is 35.5. The molecule has 1 atom stereocenters. The van der Waals surface area contributed by atoms with Crippen LogP contribution in [0.5, 0.6) is 0 Å². The summed E-state index contributed by atoms with van der Waals surface area (Å²) in [7, 11) is 0. The van der Waals surface area contributed by atoms with Gasteiger partial charge in [0.15, 0.2) is 0 Å². The molecule has 0 aliphatic carbocycles. The summed E-state index contributed by atoms with van der Waals surface area (Å²) in [6, 6.07) is 8.85. The van der Waals surface area contributed by atoms with Crippen molar-refractivity contribution in [2.75, 3.05) is 5.32 Å². The molecule has 4 nitrogen and oxygen atoms in total. The standard InChI is InChI=1S/C14H12Cl2N4/c1-8-5-11(7-17)20-14(18-8)19-9(2)12-4-3-10(15)6-13(12)16/h3-6,9H,1-2H3,(H,18,19,20).